The van der Waals surface area contributed by atoms with Crippen LogP contribution in [0.2, 0.25) is 5.02 Å². The maximum Gasteiger partial charge on any atom is 0.275 e. The van der Waals surface area contributed by atoms with E-state index < -0.39 is 0 Å². The summed E-state index contributed by atoms with van der Waals surface area (Å²) in [5, 5.41) is 9.38. The fourth-order valence-corrected chi connectivity index (χ4v) is 3.55. The Morgan fingerprint density at radius 2 is 1.74 bits per heavy atom. The van der Waals surface area contributed by atoms with Gasteiger partial charge in [0, 0.05) is 35.8 Å². The molecule has 4 rings (SSSR count). The standard InChI is InChI=1S/C24H21ClN4O2/c25-19-9-7-17(8-10-19)11-13-27-23(30)16-29-24(31)21-6-2-1-5-20(21)22(28-29)14-18-4-3-12-26-15-18/h1-10,12,15H,11,13-14,16H2,(H,27,30). The fourth-order valence-electron chi connectivity index (χ4n) is 3.43. The minimum absolute atomic E-state index is 0.135. The van der Waals surface area contributed by atoms with Gasteiger partial charge in [0.2, 0.25) is 5.91 Å². The number of nitrogens with one attached hydrogen (secondary N) is 1. The predicted octanol–water partition coefficient (Wildman–Crippen LogP) is 3.39. The van der Waals surface area contributed by atoms with Crippen LogP contribution in [0.3, 0.4) is 0 Å². The topological polar surface area (TPSA) is 76.9 Å². The number of nitrogens with zero attached hydrogens (tertiary/aromatic N) is 3. The molecule has 0 atom stereocenters. The first-order chi connectivity index (χ1) is 15.1. The largest absolute Gasteiger partial charge is 0.354 e. The third-order valence-electron chi connectivity index (χ3n) is 4.98. The number of benzene rings is 2. The molecule has 0 fully saturated rings. The van der Waals surface area contributed by atoms with Gasteiger partial charge in [0.1, 0.15) is 6.54 Å². The molecule has 0 unspecified atom stereocenters. The molecule has 6 nitrogen and oxygen atoms in total. The molecule has 0 aliphatic rings. The molecule has 31 heavy (non-hydrogen) atoms. The molecule has 0 aliphatic heterocycles. The van der Waals surface area contributed by atoms with E-state index in [0.29, 0.717) is 29.8 Å². The van der Waals surface area contributed by atoms with Crippen molar-refractivity contribution in [3.05, 3.63) is 105 Å². The number of amides is 1. The van der Waals surface area contributed by atoms with Gasteiger partial charge in [-0.3, -0.25) is 14.6 Å². The van der Waals surface area contributed by atoms with Crippen LogP contribution in [-0.4, -0.2) is 27.2 Å². The normalized spacial score (nSPS) is 10.9. The van der Waals surface area contributed by atoms with Crippen LogP contribution in [0.5, 0.6) is 0 Å². The minimum atomic E-state index is -0.279. The predicted molar refractivity (Wildman–Crippen MR) is 121 cm³/mol. The Morgan fingerprint density at radius 3 is 2.48 bits per heavy atom. The molecule has 2 heterocycles. The van der Waals surface area contributed by atoms with Crippen LogP contribution in [0.1, 0.15) is 16.8 Å². The molecule has 0 saturated heterocycles. The molecule has 0 saturated carbocycles. The second-order valence-electron chi connectivity index (χ2n) is 7.22. The van der Waals surface area contributed by atoms with Gasteiger partial charge in [-0.25, -0.2) is 4.68 Å². The summed E-state index contributed by atoms with van der Waals surface area (Å²) in [5.74, 6) is -0.258. The Morgan fingerprint density at radius 1 is 0.968 bits per heavy atom. The molecule has 0 spiro atoms. The third-order valence-corrected chi connectivity index (χ3v) is 5.23. The second kappa shape index (κ2) is 9.53. The summed E-state index contributed by atoms with van der Waals surface area (Å²) in [6.45, 7) is 0.329. The number of aromatic nitrogens is 3. The number of hydrogen-bond donors (Lipinski definition) is 1. The Balaban J connectivity index is 1.51. The zero-order valence-electron chi connectivity index (χ0n) is 16.8. The summed E-state index contributed by atoms with van der Waals surface area (Å²) < 4.78 is 1.24. The van der Waals surface area contributed by atoms with Crippen molar-refractivity contribution in [1.29, 1.82) is 0 Å². The Kier molecular flexibility index (Phi) is 6.38. The molecule has 0 radical (unpaired) electrons. The van der Waals surface area contributed by atoms with E-state index in [-0.39, 0.29) is 18.0 Å². The molecule has 2 aromatic carbocycles. The van der Waals surface area contributed by atoms with E-state index in [2.05, 4.69) is 15.4 Å². The first-order valence-electron chi connectivity index (χ1n) is 9.99. The van der Waals surface area contributed by atoms with Gasteiger partial charge >= 0.3 is 0 Å². The van der Waals surface area contributed by atoms with Crippen LogP contribution < -0.4 is 10.9 Å². The summed E-state index contributed by atoms with van der Waals surface area (Å²) in [6, 6.07) is 18.7. The molecule has 0 aliphatic carbocycles. The van der Waals surface area contributed by atoms with Gasteiger partial charge in [-0.2, -0.15) is 5.10 Å². The Labute approximate surface area is 184 Å². The molecule has 4 aromatic rings. The maximum atomic E-state index is 12.9. The highest BCUT2D eigenvalue weighted by Gasteiger charge is 2.13. The lowest BCUT2D eigenvalue weighted by Gasteiger charge is -2.11. The second-order valence-corrected chi connectivity index (χ2v) is 7.66. The molecular formula is C24H21ClN4O2. The van der Waals surface area contributed by atoms with Gasteiger partial charge in [0.05, 0.1) is 11.1 Å². The first-order valence-corrected chi connectivity index (χ1v) is 10.4. The summed E-state index contributed by atoms with van der Waals surface area (Å²) in [7, 11) is 0. The van der Waals surface area contributed by atoms with Crippen molar-refractivity contribution in [2.24, 2.45) is 0 Å². The quantitative estimate of drug-likeness (QED) is 0.485. The van der Waals surface area contributed by atoms with E-state index in [0.717, 1.165) is 22.2 Å². The average Bonchev–Trinajstić information content (AvgIpc) is 2.79. The lowest BCUT2D eigenvalue weighted by molar-refractivity contribution is -0.121. The first kappa shape index (κ1) is 20.8. The summed E-state index contributed by atoms with van der Waals surface area (Å²) in [6.07, 6.45) is 4.68. The van der Waals surface area contributed by atoms with Crippen LogP contribution in [0.15, 0.2) is 77.9 Å². The van der Waals surface area contributed by atoms with E-state index >= 15 is 0 Å². The molecule has 1 N–H and O–H groups in total. The Bertz CT molecular complexity index is 1250. The number of halogens is 1. The van der Waals surface area contributed by atoms with Crippen LogP contribution in [0.4, 0.5) is 0 Å². The van der Waals surface area contributed by atoms with E-state index in [4.69, 9.17) is 11.6 Å². The molecule has 7 heteroatoms. The zero-order valence-corrected chi connectivity index (χ0v) is 17.5. The van der Waals surface area contributed by atoms with Crippen LogP contribution in [0, 0.1) is 0 Å². The van der Waals surface area contributed by atoms with Crippen molar-refractivity contribution in [3.63, 3.8) is 0 Å². The van der Waals surface area contributed by atoms with Gasteiger partial charge in [-0.05, 0) is 41.8 Å². The number of carbonyl (C=O) groups is 1. The van der Waals surface area contributed by atoms with Crippen LogP contribution >= 0.6 is 11.6 Å². The lowest BCUT2D eigenvalue weighted by atomic mass is 10.1. The third kappa shape index (κ3) is 5.16. The van der Waals surface area contributed by atoms with Crippen molar-refractivity contribution in [1.82, 2.24) is 20.1 Å². The van der Waals surface area contributed by atoms with E-state index in [9.17, 15) is 9.59 Å². The van der Waals surface area contributed by atoms with Gasteiger partial charge in [0.25, 0.3) is 5.56 Å². The SMILES string of the molecule is O=C(Cn1nc(Cc2cccnc2)c2ccccc2c1=O)NCCc1ccc(Cl)cc1. The lowest BCUT2D eigenvalue weighted by Crippen LogP contribution is -2.35. The van der Waals surface area contributed by atoms with Crippen molar-refractivity contribution in [2.75, 3.05) is 6.54 Å². The number of hydrogen-bond acceptors (Lipinski definition) is 4. The smallest absolute Gasteiger partial charge is 0.275 e. The average molecular weight is 433 g/mol. The van der Waals surface area contributed by atoms with E-state index in [1.54, 1.807) is 18.5 Å². The number of carbonyl (C=O) groups excluding carboxylic acids is 1. The number of rotatable bonds is 7. The van der Waals surface area contributed by atoms with E-state index in [1.165, 1.54) is 4.68 Å². The van der Waals surface area contributed by atoms with Crippen molar-refractivity contribution >= 4 is 28.3 Å². The zero-order chi connectivity index (χ0) is 21.6. The minimum Gasteiger partial charge on any atom is -0.354 e. The van der Waals surface area contributed by atoms with Crippen molar-refractivity contribution < 1.29 is 4.79 Å². The van der Waals surface area contributed by atoms with Gasteiger partial charge in [-0.1, -0.05) is 48.0 Å². The molecule has 1 amide bonds. The van der Waals surface area contributed by atoms with Crippen molar-refractivity contribution in [2.45, 2.75) is 19.4 Å². The summed E-state index contributed by atoms with van der Waals surface area (Å²) >= 11 is 5.89. The Hall–Kier alpha value is -3.51. The molecule has 0 bridgehead atoms. The highest BCUT2D eigenvalue weighted by Crippen LogP contribution is 2.16. The van der Waals surface area contributed by atoms with E-state index in [1.807, 2.05) is 54.6 Å². The highest BCUT2D eigenvalue weighted by atomic mass is 35.5. The molecule has 2 aromatic heterocycles. The van der Waals surface area contributed by atoms with Crippen molar-refractivity contribution in [3.8, 4) is 0 Å². The molecular weight excluding hydrogens is 412 g/mol. The maximum absolute atomic E-state index is 12.9. The fraction of sp³-hybridized carbons (Fsp3) is 0.167. The summed E-state index contributed by atoms with van der Waals surface area (Å²) in [4.78, 5) is 29.5. The number of pyridine rings is 1. The van der Waals surface area contributed by atoms with Crippen LogP contribution in [-0.2, 0) is 24.2 Å². The number of fused-ring (bicyclic) bond motifs is 1. The highest BCUT2D eigenvalue weighted by molar-refractivity contribution is 6.30. The molecule has 156 valence electrons. The van der Waals surface area contributed by atoms with Gasteiger partial charge in [-0.15, -0.1) is 0 Å². The monoisotopic (exact) mass is 432 g/mol. The summed E-state index contributed by atoms with van der Waals surface area (Å²) in [5.41, 5.74) is 2.51. The van der Waals surface area contributed by atoms with Gasteiger partial charge < -0.3 is 5.32 Å². The van der Waals surface area contributed by atoms with Crippen LogP contribution in [0.25, 0.3) is 10.8 Å². The van der Waals surface area contributed by atoms with Gasteiger partial charge in [0.15, 0.2) is 0 Å².